The molecule has 15 heavy (non-hydrogen) atoms. The van der Waals surface area contributed by atoms with E-state index >= 15 is 0 Å². The Morgan fingerprint density at radius 1 is 1.53 bits per heavy atom. The molecular weight excluding hydrogens is 206 g/mol. The Morgan fingerprint density at radius 3 is 3.07 bits per heavy atom. The SMILES string of the molecule is CC(C)CNc1nc(-c2ccc[nH]2)cs1. The Hall–Kier alpha value is -1.29. The van der Waals surface area contributed by atoms with Crippen molar-refractivity contribution in [2.75, 3.05) is 11.9 Å². The maximum Gasteiger partial charge on any atom is 0.183 e. The highest BCUT2D eigenvalue weighted by Gasteiger charge is 2.04. The molecule has 2 rings (SSSR count). The summed E-state index contributed by atoms with van der Waals surface area (Å²) in [4.78, 5) is 7.65. The molecule has 0 atom stereocenters. The van der Waals surface area contributed by atoms with Crippen molar-refractivity contribution < 1.29 is 0 Å². The molecule has 0 amide bonds. The molecule has 2 aromatic rings. The Bertz CT molecular complexity index is 403. The number of thiazole rings is 1. The topological polar surface area (TPSA) is 40.7 Å². The second-order valence-corrected chi connectivity index (χ2v) is 4.75. The molecule has 2 aromatic heterocycles. The molecule has 0 bridgehead atoms. The third-order valence-corrected chi connectivity index (χ3v) is 2.84. The molecule has 0 aromatic carbocycles. The van der Waals surface area contributed by atoms with Crippen molar-refractivity contribution in [3.8, 4) is 11.4 Å². The van der Waals surface area contributed by atoms with E-state index in [0.29, 0.717) is 5.92 Å². The first-order valence-corrected chi connectivity index (χ1v) is 5.97. The van der Waals surface area contributed by atoms with Crippen LogP contribution < -0.4 is 5.32 Å². The minimum atomic E-state index is 0.642. The smallest absolute Gasteiger partial charge is 0.183 e. The fourth-order valence-electron chi connectivity index (χ4n) is 1.26. The summed E-state index contributed by atoms with van der Waals surface area (Å²) in [5.41, 5.74) is 2.08. The minimum absolute atomic E-state index is 0.642. The van der Waals surface area contributed by atoms with Gasteiger partial charge in [-0.3, -0.25) is 0 Å². The van der Waals surface area contributed by atoms with Crippen molar-refractivity contribution in [2.24, 2.45) is 5.92 Å². The zero-order valence-electron chi connectivity index (χ0n) is 8.95. The van der Waals surface area contributed by atoms with E-state index in [-0.39, 0.29) is 0 Å². The van der Waals surface area contributed by atoms with Crippen LogP contribution in [0.15, 0.2) is 23.7 Å². The van der Waals surface area contributed by atoms with E-state index < -0.39 is 0 Å². The van der Waals surface area contributed by atoms with Crippen LogP contribution in [0.4, 0.5) is 5.13 Å². The Morgan fingerprint density at radius 2 is 2.40 bits per heavy atom. The van der Waals surface area contributed by atoms with Gasteiger partial charge < -0.3 is 10.3 Å². The standard InChI is InChI=1S/C11H15N3S/c1-8(2)6-13-11-14-10(7-15-11)9-4-3-5-12-9/h3-5,7-8,12H,6H2,1-2H3,(H,13,14). The van der Waals surface area contributed by atoms with Gasteiger partial charge in [0.15, 0.2) is 5.13 Å². The summed E-state index contributed by atoms with van der Waals surface area (Å²) >= 11 is 1.65. The zero-order valence-corrected chi connectivity index (χ0v) is 9.77. The summed E-state index contributed by atoms with van der Waals surface area (Å²) in [6.07, 6.45) is 1.91. The molecule has 3 nitrogen and oxygen atoms in total. The molecule has 0 saturated heterocycles. The van der Waals surface area contributed by atoms with Gasteiger partial charge in [-0.05, 0) is 18.1 Å². The summed E-state index contributed by atoms with van der Waals surface area (Å²) in [6, 6.07) is 4.01. The van der Waals surface area contributed by atoms with Gasteiger partial charge in [0.1, 0.15) is 0 Å². The van der Waals surface area contributed by atoms with Crippen molar-refractivity contribution in [3.63, 3.8) is 0 Å². The Balaban J connectivity index is 2.04. The van der Waals surface area contributed by atoms with Gasteiger partial charge in [-0.15, -0.1) is 11.3 Å². The number of nitrogens with zero attached hydrogens (tertiary/aromatic N) is 1. The third kappa shape index (κ3) is 2.59. The molecular formula is C11H15N3S. The number of nitrogens with one attached hydrogen (secondary N) is 2. The van der Waals surface area contributed by atoms with E-state index in [0.717, 1.165) is 23.1 Å². The first-order valence-electron chi connectivity index (χ1n) is 5.09. The van der Waals surface area contributed by atoms with Crippen LogP contribution >= 0.6 is 11.3 Å². The average Bonchev–Trinajstić information content (AvgIpc) is 2.85. The average molecular weight is 221 g/mol. The summed E-state index contributed by atoms with van der Waals surface area (Å²) < 4.78 is 0. The number of hydrogen-bond acceptors (Lipinski definition) is 3. The second kappa shape index (κ2) is 4.49. The summed E-state index contributed by atoms with van der Waals surface area (Å²) in [7, 11) is 0. The fraction of sp³-hybridized carbons (Fsp3) is 0.364. The van der Waals surface area contributed by atoms with Gasteiger partial charge in [0.05, 0.1) is 11.4 Å². The van der Waals surface area contributed by atoms with Gasteiger partial charge in [0.25, 0.3) is 0 Å². The van der Waals surface area contributed by atoms with E-state index in [1.165, 1.54) is 0 Å². The number of aromatic nitrogens is 2. The molecule has 0 fully saturated rings. The molecule has 2 N–H and O–H groups in total. The minimum Gasteiger partial charge on any atom is -0.361 e. The molecule has 0 saturated carbocycles. The van der Waals surface area contributed by atoms with Gasteiger partial charge in [-0.2, -0.15) is 0 Å². The third-order valence-electron chi connectivity index (χ3n) is 2.04. The van der Waals surface area contributed by atoms with Crippen LogP contribution in [0.1, 0.15) is 13.8 Å². The normalized spacial score (nSPS) is 10.9. The van der Waals surface area contributed by atoms with E-state index in [1.54, 1.807) is 11.3 Å². The number of hydrogen-bond donors (Lipinski definition) is 2. The summed E-state index contributed by atoms with van der Waals surface area (Å²) in [6.45, 7) is 5.34. The Kier molecular flexibility index (Phi) is 3.06. The predicted octanol–water partition coefficient (Wildman–Crippen LogP) is 3.21. The maximum atomic E-state index is 4.50. The second-order valence-electron chi connectivity index (χ2n) is 3.90. The highest BCUT2D eigenvalue weighted by molar-refractivity contribution is 7.14. The van der Waals surface area contributed by atoms with Crippen LogP contribution in [0.2, 0.25) is 0 Å². The molecule has 2 heterocycles. The van der Waals surface area contributed by atoms with Crippen LogP contribution in [0.3, 0.4) is 0 Å². The molecule has 0 spiro atoms. The van der Waals surface area contributed by atoms with E-state index in [2.05, 4.69) is 34.5 Å². The van der Waals surface area contributed by atoms with E-state index in [4.69, 9.17) is 0 Å². The molecule has 0 aliphatic carbocycles. The first-order chi connectivity index (χ1) is 7.25. The van der Waals surface area contributed by atoms with Crippen LogP contribution in [0.25, 0.3) is 11.4 Å². The zero-order chi connectivity index (χ0) is 10.7. The van der Waals surface area contributed by atoms with Gasteiger partial charge in [0.2, 0.25) is 0 Å². The highest BCUT2D eigenvalue weighted by Crippen LogP contribution is 2.23. The van der Waals surface area contributed by atoms with Crippen molar-refractivity contribution in [2.45, 2.75) is 13.8 Å². The monoisotopic (exact) mass is 221 g/mol. The maximum absolute atomic E-state index is 4.50. The first kappa shape index (κ1) is 10.2. The van der Waals surface area contributed by atoms with Gasteiger partial charge in [0, 0.05) is 18.1 Å². The predicted molar refractivity (Wildman–Crippen MR) is 65.2 cm³/mol. The largest absolute Gasteiger partial charge is 0.361 e. The fourth-order valence-corrected chi connectivity index (χ4v) is 1.98. The summed E-state index contributed by atoms with van der Waals surface area (Å²) in [5.74, 6) is 0.642. The quantitative estimate of drug-likeness (QED) is 0.832. The lowest BCUT2D eigenvalue weighted by molar-refractivity contribution is 0.688. The number of anilines is 1. The molecule has 0 unspecified atom stereocenters. The molecule has 0 aliphatic rings. The lowest BCUT2D eigenvalue weighted by atomic mass is 10.2. The van der Waals surface area contributed by atoms with Crippen LogP contribution in [0.5, 0.6) is 0 Å². The van der Waals surface area contributed by atoms with Gasteiger partial charge in [-0.1, -0.05) is 13.8 Å². The Labute approximate surface area is 93.6 Å². The van der Waals surface area contributed by atoms with Crippen molar-refractivity contribution in [1.29, 1.82) is 0 Å². The number of H-pyrrole nitrogens is 1. The molecule has 80 valence electrons. The van der Waals surface area contributed by atoms with Crippen LogP contribution in [-0.4, -0.2) is 16.5 Å². The molecule has 0 radical (unpaired) electrons. The van der Waals surface area contributed by atoms with Crippen molar-refractivity contribution in [3.05, 3.63) is 23.7 Å². The van der Waals surface area contributed by atoms with Crippen LogP contribution in [-0.2, 0) is 0 Å². The molecule has 4 heteroatoms. The van der Waals surface area contributed by atoms with Gasteiger partial charge in [-0.25, -0.2) is 4.98 Å². The lowest BCUT2D eigenvalue weighted by Gasteiger charge is -2.04. The van der Waals surface area contributed by atoms with Crippen molar-refractivity contribution in [1.82, 2.24) is 9.97 Å². The van der Waals surface area contributed by atoms with E-state index in [9.17, 15) is 0 Å². The lowest BCUT2D eigenvalue weighted by Crippen LogP contribution is -2.07. The number of rotatable bonds is 4. The highest BCUT2D eigenvalue weighted by atomic mass is 32.1. The van der Waals surface area contributed by atoms with Gasteiger partial charge >= 0.3 is 0 Å². The van der Waals surface area contributed by atoms with Crippen molar-refractivity contribution >= 4 is 16.5 Å². The molecule has 0 aliphatic heterocycles. The van der Waals surface area contributed by atoms with Crippen LogP contribution in [0, 0.1) is 5.92 Å². The number of aromatic amines is 1. The summed E-state index contributed by atoms with van der Waals surface area (Å²) in [5, 5.41) is 6.38. The van der Waals surface area contributed by atoms with E-state index in [1.807, 2.05) is 18.3 Å².